The van der Waals surface area contributed by atoms with Gasteiger partial charge in [-0.2, -0.15) is 0 Å². The molecule has 0 aromatic rings. The fraction of sp³-hybridized carbons (Fsp3) is 1.00. The standard InChI is InChI=1S/C11H20O3/c12-11(5-8-14-9-11)4-1-10-2-6-13-7-3-10/h10,12H,1-9H2. The van der Waals surface area contributed by atoms with Crippen LogP contribution < -0.4 is 0 Å². The molecule has 2 saturated heterocycles. The molecule has 0 saturated carbocycles. The van der Waals surface area contributed by atoms with Crippen molar-refractivity contribution >= 4 is 0 Å². The number of hydrogen-bond acceptors (Lipinski definition) is 3. The second kappa shape index (κ2) is 4.60. The summed E-state index contributed by atoms with van der Waals surface area (Å²) >= 11 is 0. The minimum atomic E-state index is -0.516. The van der Waals surface area contributed by atoms with Gasteiger partial charge in [-0.3, -0.25) is 0 Å². The van der Waals surface area contributed by atoms with Crippen LogP contribution in [0.25, 0.3) is 0 Å². The van der Waals surface area contributed by atoms with E-state index in [2.05, 4.69) is 0 Å². The maximum Gasteiger partial charge on any atom is 0.0902 e. The van der Waals surface area contributed by atoms with E-state index in [0.29, 0.717) is 6.61 Å². The molecular weight excluding hydrogens is 180 g/mol. The monoisotopic (exact) mass is 200 g/mol. The lowest BCUT2D eigenvalue weighted by Crippen LogP contribution is -2.30. The molecule has 14 heavy (non-hydrogen) atoms. The maximum atomic E-state index is 10.1. The molecule has 82 valence electrons. The minimum absolute atomic E-state index is 0.516. The quantitative estimate of drug-likeness (QED) is 0.747. The van der Waals surface area contributed by atoms with Crippen molar-refractivity contribution < 1.29 is 14.6 Å². The smallest absolute Gasteiger partial charge is 0.0902 e. The third-order valence-corrected chi connectivity index (χ3v) is 3.44. The predicted octanol–water partition coefficient (Wildman–Crippen LogP) is 1.34. The molecule has 3 heteroatoms. The number of ether oxygens (including phenoxy) is 2. The lowest BCUT2D eigenvalue weighted by atomic mass is 9.88. The van der Waals surface area contributed by atoms with Gasteiger partial charge in [0.25, 0.3) is 0 Å². The molecule has 0 aliphatic carbocycles. The third-order valence-electron chi connectivity index (χ3n) is 3.44. The van der Waals surface area contributed by atoms with Gasteiger partial charge < -0.3 is 14.6 Å². The molecule has 1 N–H and O–H groups in total. The first-order valence-corrected chi connectivity index (χ1v) is 5.66. The first kappa shape index (κ1) is 10.4. The van der Waals surface area contributed by atoms with Gasteiger partial charge in [0, 0.05) is 26.2 Å². The van der Waals surface area contributed by atoms with Gasteiger partial charge in [0.05, 0.1) is 12.2 Å². The SMILES string of the molecule is OC1(CCC2CCOCC2)CCOC1. The summed E-state index contributed by atoms with van der Waals surface area (Å²) in [7, 11) is 0. The third kappa shape index (κ3) is 2.69. The fourth-order valence-corrected chi connectivity index (χ4v) is 2.30. The van der Waals surface area contributed by atoms with Gasteiger partial charge in [-0.1, -0.05) is 0 Å². The van der Waals surface area contributed by atoms with Gasteiger partial charge in [-0.25, -0.2) is 0 Å². The van der Waals surface area contributed by atoms with E-state index in [4.69, 9.17) is 9.47 Å². The van der Waals surface area contributed by atoms with E-state index in [1.165, 1.54) is 0 Å². The minimum Gasteiger partial charge on any atom is -0.387 e. The zero-order valence-corrected chi connectivity index (χ0v) is 8.71. The Morgan fingerprint density at radius 3 is 2.57 bits per heavy atom. The summed E-state index contributed by atoms with van der Waals surface area (Å²) in [5.41, 5.74) is -0.516. The van der Waals surface area contributed by atoms with Crippen LogP contribution in [0.5, 0.6) is 0 Å². The zero-order valence-electron chi connectivity index (χ0n) is 8.71. The summed E-state index contributed by atoms with van der Waals surface area (Å²) in [4.78, 5) is 0. The van der Waals surface area contributed by atoms with E-state index in [1.807, 2.05) is 0 Å². The Balaban J connectivity index is 1.70. The Hall–Kier alpha value is -0.120. The van der Waals surface area contributed by atoms with Crippen molar-refractivity contribution in [3.05, 3.63) is 0 Å². The lowest BCUT2D eigenvalue weighted by molar-refractivity contribution is 0.00470. The van der Waals surface area contributed by atoms with Crippen molar-refractivity contribution in [2.24, 2.45) is 5.92 Å². The topological polar surface area (TPSA) is 38.7 Å². The van der Waals surface area contributed by atoms with Crippen molar-refractivity contribution in [1.29, 1.82) is 0 Å². The summed E-state index contributed by atoms with van der Waals surface area (Å²) in [5, 5.41) is 10.1. The van der Waals surface area contributed by atoms with Crippen molar-refractivity contribution in [2.75, 3.05) is 26.4 Å². The second-order valence-electron chi connectivity index (χ2n) is 4.62. The van der Waals surface area contributed by atoms with Gasteiger partial charge in [0.15, 0.2) is 0 Å². The van der Waals surface area contributed by atoms with E-state index in [1.54, 1.807) is 0 Å². The van der Waals surface area contributed by atoms with Crippen molar-refractivity contribution in [3.63, 3.8) is 0 Å². The highest BCUT2D eigenvalue weighted by Gasteiger charge is 2.32. The molecule has 2 rings (SSSR count). The number of aliphatic hydroxyl groups is 1. The van der Waals surface area contributed by atoms with Crippen LogP contribution in [0.1, 0.15) is 32.1 Å². The number of hydrogen-bond donors (Lipinski definition) is 1. The van der Waals surface area contributed by atoms with E-state index in [-0.39, 0.29) is 0 Å². The molecule has 2 heterocycles. The Bertz CT molecular complexity index is 169. The van der Waals surface area contributed by atoms with Crippen molar-refractivity contribution in [3.8, 4) is 0 Å². The van der Waals surface area contributed by atoms with Gasteiger partial charge in [-0.15, -0.1) is 0 Å². The molecule has 2 aliphatic rings. The van der Waals surface area contributed by atoms with Crippen LogP contribution in [0.3, 0.4) is 0 Å². The van der Waals surface area contributed by atoms with Crippen LogP contribution in [-0.4, -0.2) is 37.1 Å². The average Bonchev–Trinajstić information content (AvgIpc) is 2.65. The first-order valence-electron chi connectivity index (χ1n) is 5.66. The molecular formula is C11H20O3. The van der Waals surface area contributed by atoms with Gasteiger partial charge in [0.2, 0.25) is 0 Å². The van der Waals surface area contributed by atoms with E-state index < -0.39 is 5.60 Å². The molecule has 2 aliphatic heterocycles. The molecule has 2 fully saturated rings. The Kier molecular flexibility index (Phi) is 3.42. The fourth-order valence-electron chi connectivity index (χ4n) is 2.30. The van der Waals surface area contributed by atoms with Crippen molar-refractivity contribution in [2.45, 2.75) is 37.7 Å². The van der Waals surface area contributed by atoms with Crippen LogP contribution in [0, 0.1) is 5.92 Å². The lowest BCUT2D eigenvalue weighted by Gasteiger charge is -2.26. The molecule has 0 spiro atoms. The molecule has 0 aromatic carbocycles. The van der Waals surface area contributed by atoms with E-state index in [9.17, 15) is 5.11 Å². The van der Waals surface area contributed by atoms with Crippen LogP contribution in [-0.2, 0) is 9.47 Å². The van der Waals surface area contributed by atoms with Crippen LogP contribution in [0.2, 0.25) is 0 Å². The average molecular weight is 200 g/mol. The molecule has 3 nitrogen and oxygen atoms in total. The predicted molar refractivity (Wildman–Crippen MR) is 53.2 cm³/mol. The molecule has 0 bridgehead atoms. The highest BCUT2D eigenvalue weighted by Crippen LogP contribution is 2.28. The summed E-state index contributed by atoms with van der Waals surface area (Å²) in [6, 6.07) is 0. The van der Waals surface area contributed by atoms with Gasteiger partial charge in [0.1, 0.15) is 0 Å². The molecule has 1 atom stereocenters. The molecule has 0 radical (unpaired) electrons. The van der Waals surface area contributed by atoms with Gasteiger partial charge in [-0.05, 0) is 31.6 Å². The van der Waals surface area contributed by atoms with Crippen LogP contribution in [0.4, 0.5) is 0 Å². The van der Waals surface area contributed by atoms with Crippen LogP contribution >= 0.6 is 0 Å². The first-order chi connectivity index (χ1) is 6.79. The van der Waals surface area contributed by atoms with Gasteiger partial charge >= 0.3 is 0 Å². The van der Waals surface area contributed by atoms with E-state index in [0.717, 1.165) is 57.8 Å². The molecule has 0 aromatic heterocycles. The highest BCUT2D eigenvalue weighted by molar-refractivity contribution is 4.83. The molecule has 1 unspecified atom stereocenters. The number of rotatable bonds is 3. The maximum absolute atomic E-state index is 10.1. The second-order valence-corrected chi connectivity index (χ2v) is 4.62. The highest BCUT2D eigenvalue weighted by atomic mass is 16.5. The summed E-state index contributed by atoms with van der Waals surface area (Å²) in [6.45, 7) is 3.07. The van der Waals surface area contributed by atoms with Crippen molar-refractivity contribution in [1.82, 2.24) is 0 Å². The molecule has 0 amide bonds. The summed E-state index contributed by atoms with van der Waals surface area (Å²) in [5.74, 6) is 0.758. The zero-order chi connectivity index (χ0) is 9.86. The van der Waals surface area contributed by atoms with Crippen LogP contribution in [0.15, 0.2) is 0 Å². The summed E-state index contributed by atoms with van der Waals surface area (Å²) < 4.78 is 10.5. The Labute approximate surface area is 85.4 Å². The Morgan fingerprint density at radius 2 is 1.93 bits per heavy atom. The Morgan fingerprint density at radius 1 is 1.14 bits per heavy atom. The van der Waals surface area contributed by atoms with E-state index >= 15 is 0 Å². The largest absolute Gasteiger partial charge is 0.387 e. The normalized spacial score (nSPS) is 34.9. The summed E-state index contributed by atoms with van der Waals surface area (Å²) in [6.07, 6.45) is 5.17.